The highest BCUT2D eigenvalue weighted by molar-refractivity contribution is 6.33. The molecule has 18 heavy (non-hydrogen) atoms. The summed E-state index contributed by atoms with van der Waals surface area (Å²) in [5.74, 6) is -0.650. The van der Waals surface area contributed by atoms with Crippen LogP contribution in [0.25, 0.3) is 0 Å². The number of ether oxygens (including phenoxy) is 1. The minimum Gasteiger partial charge on any atom is -0.491 e. The lowest BCUT2D eigenvalue weighted by Gasteiger charge is -2.12. The predicted octanol–water partition coefficient (Wildman–Crippen LogP) is 1.70. The molecule has 0 saturated carbocycles. The third-order valence-electron chi connectivity index (χ3n) is 2.70. The van der Waals surface area contributed by atoms with Crippen molar-refractivity contribution in [3.63, 3.8) is 0 Å². The molecule has 0 aliphatic carbocycles. The summed E-state index contributed by atoms with van der Waals surface area (Å²) in [6, 6.07) is 4.45. The normalized spacial score (nSPS) is 18.5. The van der Waals surface area contributed by atoms with E-state index in [0.717, 1.165) is 6.42 Å². The molecule has 1 atom stereocenters. The standard InChI is InChI=1S/C12H12ClNO4/c13-10-3-2-8(5-9(10)12(16)17)18-6-7-1-4-11(15)14-7/h2-3,5,7H,1,4,6H2,(H,14,15)(H,16,17). The van der Waals surface area contributed by atoms with Gasteiger partial charge in [-0.05, 0) is 24.6 Å². The van der Waals surface area contributed by atoms with Crippen molar-refractivity contribution in [3.05, 3.63) is 28.8 Å². The lowest BCUT2D eigenvalue weighted by Crippen LogP contribution is -2.30. The fourth-order valence-electron chi connectivity index (χ4n) is 1.76. The number of rotatable bonds is 4. The number of hydrogen-bond acceptors (Lipinski definition) is 3. The highest BCUT2D eigenvalue weighted by Crippen LogP contribution is 2.22. The summed E-state index contributed by atoms with van der Waals surface area (Å²) < 4.78 is 5.45. The molecule has 0 radical (unpaired) electrons. The molecule has 6 heteroatoms. The molecule has 96 valence electrons. The summed E-state index contributed by atoms with van der Waals surface area (Å²) in [4.78, 5) is 21.9. The molecular weight excluding hydrogens is 258 g/mol. The molecular formula is C12H12ClNO4. The maximum atomic E-state index is 11.0. The van der Waals surface area contributed by atoms with Gasteiger partial charge < -0.3 is 15.2 Å². The Bertz CT molecular complexity index is 489. The number of nitrogens with one attached hydrogen (secondary N) is 1. The second-order valence-corrected chi connectivity index (χ2v) is 4.47. The monoisotopic (exact) mass is 269 g/mol. The quantitative estimate of drug-likeness (QED) is 0.872. The smallest absolute Gasteiger partial charge is 0.337 e. The number of carbonyl (C=O) groups excluding carboxylic acids is 1. The van der Waals surface area contributed by atoms with Crippen LogP contribution in [0, 0.1) is 0 Å². The number of aromatic carboxylic acids is 1. The molecule has 0 bridgehead atoms. The van der Waals surface area contributed by atoms with E-state index in [2.05, 4.69) is 5.32 Å². The second kappa shape index (κ2) is 5.27. The van der Waals surface area contributed by atoms with Crippen LogP contribution in [0.4, 0.5) is 0 Å². The van der Waals surface area contributed by atoms with Crippen LogP contribution < -0.4 is 10.1 Å². The molecule has 1 aromatic carbocycles. The maximum absolute atomic E-state index is 11.0. The SMILES string of the molecule is O=C1CCC(COc2ccc(Cl)c(C(=O)O)c2)N1. The highest BCUT2D eigenvalue weighted by Gasteiger charge is 2.21. The van der Waals surface area contributed by atoms with E-state index in [0.29, 0.717) is 18.8 Å². The molecule has 2 N–H and O–H groups in total. The van der Waals surface area contributed by atoms with E-state index in [1.165, 1.54) is 12.1 Å². The van der Waals surface area contributed by atoms with E-state index in [4.69, 9.17) is 21.4 Å². The summed E-state index contributed by atoms with van der Waals surface area (Å²) in [6.45, 7) is 0.326. The largest absolute Gasteiger partial charge is 0.491 e. The van der Waals surface area contributed by atoms with Crippen LogP contribution in [0.5, 0.6) is 5.75 Å². The van der Waals surface area contributed by atoms with E-state index in [1.807, 2.05) is 0 Å². The van der Waals surface area contributed by atoms with Crippen molar-refractivity contribution < 1.29 is 19.4 Å². The molecule has 1 aliphatic rings. The molecule has 1 aromatic rings. The summed E-state index contributed by atoms with van der Waals surface area (Å²) in [6.07, 6.45) is 1.24. The highest BCUT2D eigenvalue weighted by atomic mass is 35.5. The van der Waals surface area contributed by atoms with Gasteiger partial charge in [0.1, 0.15) is 12.4 Å². The van der Waals surface area contributed by atoms with Gasteiger partial charge in [-0.1, -0.05) is 11.6 Å². The molecule has 1 fully saturated rings. The molecule has 1 unspecified atom stereocenters. The Morgan fingerprint density at radius 3 is 2.94 bits per heavy atom. The average Bonchev–Trinajstić information content (AvgIpc) is 2.74. The van der Waals surface area contributed by atoms with E-state index in [1.54, 1.807) is 6.07 Å². The van der Waals surface area contributed by atoms with Crippen LogP contribution in [-0.2, 0) is 4.79 Å². The van der Waals surface area contributed by atoms with Gasteiger partial charge in [0.15, 0.2) is 0 Å². The second-order valence-electron chi connectivity index (χ2n) is 4.06. The van der Waals surface area contributed by atoms with Crippen LogP contribution in [0.1, 0.15) is 23.2 Å². The zero-order valence-electron chi connectivity index (χ0n) is 9.48. The minimum absolute atomic E-state index is 0.00428. The van der Waals surface area contributed by atoms with Crippen molar-refractivity contribution in [1.82, 2.24) is 5.32 Å². The summed E-state index contributed by atoms with van der Waals surface area (Å²) in [5.41, 5.74) is 0.00428. The van der Waals surface area contributed by atoms with Crippen molar-refractivity contribution in [2.75, 3.05) is 6.61 Å². The number of carboxylic acids is 1. The van der Waals surface area contributed by atoms with Crippen LogP contribution in [0.3, 0.4) is 0 Å². The maximum Gasteiger partial charge on any atom is 0.337 e. The van der Waals surface area contributed by atoms with Gasteiger partial charge >= 0.3 is 5.97 Å². The van der Waals surface area contributed by atoms with Gasteiger partial charge in [-0.3, -0.25) is 4.79 Å². The van der Waals surface area contributed by atoms with Crippen molar-refractivity contribution in [2.45, 2.75) is 18.9 Å². The predicted molar refractivity (Wildman–Crippen MR) is 65.1 cm³/mol. The fourth-order valence-corrected chi connectivity index (χ4v) is 1.96. The Morgan fingerprint density at radius 2 is 2.33 bits per heavy atom. The van der Waals surface area contributed by atoms with Crippen LogP contribution in [-0.4, -0.2) is 29.6 Å². The van der Waals surface area contributed by atoms with Gasteiger partial charge in [-0.2, -0.15) is 0 Å². The first-order chi connectivity index (χ1) is 8.56. The number of hydrogen-bond donors (Lipinski definition) is 2. The Morgan fingerprint density at radius 1 is 1.56 bits per heavy atom. The average molecular weight is 270 g/mol. The van der Waals surface area contributed by atoms with Crippen molar-refractivity contribution in [3.8, 4) is 5.75 Å². The molecule has 2 rings (SSSR count). The Labute approximate surface area is 109 Å². The lowest BCUT2D eigenvalue weighted by molar-refractivity contribution is -0.119. The molecule has 0 aromatic heterocycles. The van der Waals surface area contributed by atoms with Crippen molar-refractivity contribution in [2.24, 2.45) is 0 Å². The summed E-state index contributed by atoms with van der Waals surface area (Å²) in [5, 5.41) is 11.8. The lowest BCUT2D eigenvalue weighted by atomic mass is 10.2. The van der Waals surface area contributed by atoms with Crippen LogP contribution >= 0.6 is 11.6 Å². The molecule has 0 spiro atoms. The topological polar surface area (TPSA) is 75.6 Å². The van der Waals surface area contributed by atoms with Gasteiger partial charge in [0.25, 0.3) is 0 Å². The van der Waals surface area contributed by atoms with E-state index < -0.39 is 5.97 Å². The third kappa shape index (κ3) is 2.92. The zero-order valence-corrected chi connectivity index (χ0v) is 10.2. The fraction of sp³-hybridized carbons (Fsp3) is 0.333. The first-order valence-electron chi connectivity index (χ1n) is 5.51. The van der Waals surface area contributed by atoms with Gasteiger partial charge in [0, 0.05) is 6.42 Å². The number of carboxylic acid groups (broad SMARTS) is 1. The van der Waals surface area contributed by atoms with Gasteiger partial charge in [0.05, 0.1) is 16.6 Å². The molecule has 1 saturated heterocycles. The Kier molecular flexibility index (Phi) is 3.72. The number of amides is 1. The molecule has 1 heterocycles. The first kappa shape index (κ1) is 12.7. The van der Waals surface area contributed by atoms with Crippen LogP contribution in [0.15, 0.2) is 18.2 Å². The number of carbonyl (C=O) groups is 2. The van der Waals surface area contributed by atoms with Gasteiger partial charge in [-0.25, -0.2) is 4.79 Å². The zero-order chi connectivity index (χ0) is 13.1. The third-order valence-corrected chi connectivity index (χ3v) is 3.03. The minimum atomic E-state index is -1.10. The molecule has 1 amide bonds. The Balaban J connectivity index is 1.99. The van der Waals surface area contributed by atoms with Crippen LogP contribution in [0.2, 0.25) is 5.02 Å². The molecule has 1 aliphatic heterocycles. The number of benzene rings is 1. The number of halogens is 1. The van der Waals surface area contributed by atoms with E-state index in [-0.39, 0.29) is 22.5 Å². The van der Waals surface area contributed by atoms with Gasteiger partial charge in [-0.15, -0.1) is 0 Å². The summed E-state index contributed by atoms with van der Waals surface area (Å²) >= 11 is 5.74. The van der Waals surface area contributed by atoms with Gasteiger partial charge in [0.2, 0.25) is 5.91 Å². The summed E-state index contributed by atoms with van der Waals surface area (Å²) in [7, 11) is 0. The first-order valence-corrected chi connectivity index (χ1v) is 5.89. The van der Waals surface area contributed by atoms with Crippen molar-refractivity contribution >= 4 is 23.5 Å². The van der Waals surface area contributed by atoms with E-state index in [9.17, 15) is 9.59 Å². The molecule has 5 nitrogen and oxygen atoms in total. The van der Waals surface area contributed by atoms with Crippen molar-refractivity contribution in [1.29, 1.82) is 0 Å². The van der Waals surface area contributed by atoms with E-state index >= 15 is 0 Å². The Hall–Kier alpha value is -1.75.